The Hall–Kier alpha value is -0.313. The third-order valence-electron chi connectivity index (χ3n) is 7.25. The van der Waals surface area contributed by atoms with Gasteiger partial charge in [-0.25, -0.2) is 0 Å². The van der Waals surface area contributed by atoms with Gasteiger partial charge in [0, 0.05) is 0 Å². The second kappa shape index (κ2) is 7.92. The summed E-state index contributed by atoms with van der Waals surface area (Å²) in [5, 5.41) is 3.07. The molecule has 0 spiro atoms. The number of hydrogen-bond acceptors (Lipinski definition) is 0. The van der Waals surface area contributed by atoms with E-state index < -0.39 is 33.5 Å². The maximum atomic E-state index is 8.02. The van der Waals surface area contributed by atoms with Crippen LogP contribution in [0, 0.1) is 0 Å². The number of rotatable bonds is 4. The molecular weight excluding hydrogens is 519 g/mol. The zero-order chi connectivity index (χ0) is 21.9. The Morgan fingerprint density at radius 2 is 1.07 bits per heavy atom. The van der Waals surface area contributed by atoms with Crippen LogP contribution in [0.1, 0.15) is 43.4 Å². The van der Waals surface area contributed by atoms with Gasteiger partial charge in [0.2, 0.25) is 0 Å². The SMILES string of the molecule is C[C](C)=[Zr]([Cl])([Cl])([CH]1C=C([SiH](C)C)c2ccccc21)[CH]1C=C([SiH](C)C)c2ccccc21. The Labute approximate surface area is 192 Å². The molecule has 0 N–H and O–H groups in total. The Kier molecular flexibility index (Phi) is 6.04. The zero-order valence-electron chi connectivity index (χ0n) is 18.8. The van der Waals surface area contributed by atoms with Gasteiger partial charge in [-0.05, 0) is 0 Å². The van der Waals surface area contributed by atoms with Crippen LogP contribution in [0.5, 0.6) is 0 Å². The predicted octanol–water partition coefficient (Wildman–Crippen LogP) is 7.52. The second-order valence-electron chi connectivity index (χ2n) is 9.84. The van der Waals surface area contributed by atoms with Crippen molar-refractivity contribution in [1.82, 2.24) is 0 Å². The first kappa shape index (κ1) is 22.9. The summed E-state index contributed by atoms with van der Waals surface area (Å²) in [5.41, 5.74) is 5.54. The van der Waals surface area contributed by atoms with Crippen molar-refractivity contribution in [2.45, 2.75) is 47.3 Å². The van der Waals surface area contributed by atoms with Crippen molar-refractivity contribution < 1.29 is 15.9 Å². The van der Waals surface area contributed by atoms with Crippen LogP contribution in [0.3, 0.4) is 0 Å². The molecule has 2 aromatic rings. The minimum absolute atomic E-state index is 0.142. The van der Waals surface area contributed by atoms with Gasteiger partial charge in [-0.15, -0.1) is 0 Å². The summed E-state index contributed by atoms with van der Waals surface area (Å²) in [6.45, 7) is 14.0. The van der Waals surface area contributed by atoms with Crippen LogP contribution in [0.15, 0.2) is 60.7 Å². The minimum atomic E-state index is -4.57. The molecule has 0 aliphatic heterocycles. The van der Waals surface area contributed by atoms with E-state index >= 15 is 0 Å². The summed E-state index contributed by atoms with van der Waals surface area (Å²) >= 11 is -4.57. The van der Waals surface area contributed by atoms with Crippen LogP contribution in [-0.2, 0) is 15.9 Å². The standard InChI is InChI=1S/2C11H13Si.C3H6.2ClH.Zr/c2*1-12(2)11-8-7-9-5-3-4-6-10(9)11;1-3-2;;;/h2*3-8,12H,1-2H3;1-2H3;2*1H;/q;;;;;+2/p-2. The number of fused-ring (bicyclic) bond motifs is 2. The van der Waals surface area contributed by atoms with Crippen LogP contribution < -0.4 is 0 Å². The zero-order valence-corrected chi connectivity index (χ0v) is 25.1. The molecule has 158 valence electrons. The van der Waals surface area contributed by atoms with Crippen molar-refractivity contribution in [2.24, 2.45) is 0 Å². The van der Waals surface area contributed by atoms with Crippen molar-refractivity contribution in [2.75, 3.05) is 0 Å². The molecule has 2 aliphatic rings. The molecule has 2 atom stereocenters. The fourth-order valence-electron chi connectivity index (χ4n) is 5.48. The van der Waals surface area contributed by atoms with E-state index in [9.17, 15) is 0 Å². The fraction of sp³-hybridized carbons (Fsp3) is 0.320. The molecule has 30 heavy (non-hydrogen) atoms. The van der Waals surface area contributed by atoms with Crippen LogP contribution in [0.2, 0.25) is 26.2 Å². The summed E-state index contributed by atoms with van der Waals surface area (Å²) < 4.78 is 1.55. The van der Waals surface area contributed by atoms with Gasteiger partial charge < -0.3 is 0 Å². The third-order valence-corrected chi connectivity index (χ3v) is 33.4. The van der Waals surface area contributed by atoms with Gasteiger partial charge in [0.05, 0.1) is 0 Å². The molecule has 0 nitrogen and oxygen atoms in total. The van der Waals surface area contributed by atoms with E-state index in [1.165, 1.54) is 35.9 Å². The first-order chi connectivity index (χ1) is 14.1. The monoisotopic (exact) mass is 548 g/mol. The van der Waals surface area contributed by atoms with E-state index in [0.29, 0.717) is 0 Å². The van der Waals surface area contributed by atoms with Gasteiger partial charge in [0.1, 0.15) is 0 Å². The van der Waals surface area contributed by atoms with Crippen LogP contribution in [0.25, 0.3) is 10.4 Å². The molecule has 0 aromatic heterocycles. The maximum absolute atomic E-state index is 8.02. The summed E-state index contributed by atoms with van der Waals surface area (Å²) in [6, 6.07) is 17.8. The Balaban J connectivity index is 2.03. The van der Waals surface area contributed by atoms with Crippen LogP contribution >= 0.6 is 17.0 Å². The fourth-order valence-corrected chi connectivity index (χ4v) is 24.1. The first-order valence-corrected chi connectivity index (χ1v) is 27.2. The average molecular weight is 551 g/mol. The molecule has 0 saturated heterocycles. The van der Waals surface area contributed by atoms with E-state index in [-0.39, 0.29) is 7.25 Å². The van der Waals surface area contributed by atoms with E-state index in [1.54, 1.807) is 0 Å². The van der Waals surface area contributed by atoms with Gasteiger partial charge in [0.15, 0.2) is 0 Å². The second-order valence-corrected chi connectivity index (χ2v) is 37.7. The molecule has 0 fully saturated rings. The molecule has 0 bridgehead atoms. The van der Waals surface area contributed by atoms with Gasteiger partial charge in [-0.3, -0.25) is 0 Å². The predicted molar refractivity (Wildman–Crippen MR) is 140 cm³/mol. The molecule has 0 amide bonds. The number of halogens is 2. The van der Waals surface area contributed by atoms with Gasteiger partial charge in [0.25, 0.3) is 0 Å². The Morgan fingerprint density at radius 1 is 0.700 bits per heavy atom. The van der Waals surface area contributed by atoms with Crippen molar-refractivity contribution in [3.05, 3.63) is 82.9 Å². The molecule has 0 saturated carbocycles. The molecule has 2 unspecified atom stereocenters. The molecule has 2 aliphatic carbocycles. The van der Waals surface area contributed by atoms with E-state index in [0.717, 1.165) is 0 Å². The molecule has 0 radical (unpaired) electrons. The summed E-state index contributed by atoms with van der Waals surface area (Å²) in [5.74, 6) is 0. The van der Waals surface area contributed by atoms with Crippen molar-refractivity contribution in [3.8, 4) is 0 Å². The summed E-state index contributed by atoms with van der Waals surface area (Å²) in [4.78, 5) is 0. The first-order valence-electron chi connectivity index (χ1n) is 11.1. The number of allylic oxidation sites excluding steroid dienone is 2. The normalized spacial score (nSPS) is 20.9. The molecule has 0 heterocycles. The van der Waals surface area contributed by atoms with Crippen molar-refractivity contribution >= 4 is 48.2 Å². The van der Waals surface area contributed by atoms with Crippen LogP contribution in [0.4, 0.5) is 0 Å². The molecular formula is C25H32Cl2Si2Zr. The quantitative estimate of drug-likeness (QED) is 0.345. The topological polar surface area (TPSA) is 0 Å². The van der Waals surface area contributed by atoms with E-state index in [1.807, 2.05) is 0 Å². The van der Waals surface area contributed by atoms with Crippen molar-refractivity contribution in [3.63, 3.8) is 0 Å². The summed E-state index contributed by atoms with van der Waals surface area (Å²) in [7, 11) is 14.0. The molecule has 4 rings (SSSR count). The number of hydrogen-bond donors (Lipinski definition) is 0. The van der Waals surface area contributed by atoms with E-state index in [4.69, 9.17) is 17.0 Å². The molecule has 5 heteroatoms. The van der Waals surface area contributed by atoms with Gasteiger partial charge in [-0.2, -0.15) is 0 Å². The summed E-state index contributed by atoms with van der Waals surface area (Å²) in [6.07, 6.45) is 5.00. The molecule has 2 aromatic carbocycles. The number of benzene rings is 2. The van der Waals surface area contributed by atoms with Crippen LogP contribution in [-0.4, -0.2) is 20.8 Å². The van der Waals surface area contributed by atoms with Gasteiger partial charge >= 0.3 is 194 Å². The Bertz CT molecular complexity index is 1070. The van der Waals surface area contributed by atoms with Gasteiger partial charge in [-0.1, -0.05) is 0 Å². The van der Waals surface area contributed by atoms with Crippen molar-refractivity contribution in [1.29, 1.82) is 0 Å². The Morgan fingerprint density at radius 3 is 1.40 bits per heavy atom. The average Bonchev–Trinajstić information content (AvgIpc) is 3.28. The third kappa shape index (κ3) is 3.27. The van der Waals surface area contributed by atoms with E-state index in [2.05, 4.69) is 101 Å².